The lowest BCUT2D eigenvalue weighted by Gasteiger charge is -2.11. The molecule has 0 bridgehead atoms. The van der Waals surface area contributed by atoms with Crippen LogP contribution in [0.25, 0.3) is 11.0 Å². The summed E-state index contributed by atoms with van der Waals surface area (Å²) in [6.07, 6.45) is 2.76. The Morgan fingerprint density at radius 2 is 1.92 bits per heavy atom. The third-order valence-electron chi connectivity index (χ3n) is 4.62. The molecule has 1 aliphatic rings. The van der Waals surface area contributed by atoms with Gasteiger partial charge in [-0.25, -0.2) is 4.98 Å². The van der Waals surface area contributed by atoms with Crippen molar-refractivity contribution >= 4 is 28.5 Å². The highest BCUT2D eigenvalue weighted by molar-refractivity contribution is 6.31. The smallest absolute Gasteiger partial charge is 0.223 e. The maximum absolute atomic E-state index is 11.8. The zero-order chi connectivity index (χ0) is 17.2. The minimum absolute atomic E-state index is 0.175. The molecular weight excluding hydrogens is 334 g/mol. The number of rotatable bonds is 6. The van der Waals surface area contributed by atoms with Gasteiger partial charge in [0.05, 0.1) is 17.6 Å². The maximum atomic E-state index is 11.8. The Labute approximate surface area is 151 Å². The second-order valence-corrected chi connectivity index (χ2v) is 6.92. The number of halogens is 1. The first kappa shape index (κ1) is 16.2. The number of carbonyl (C=O) groups is 1. The molecule has 2 aromatic carbocycles. The summed E-state index contributed by atoms with van der Waals surface area (Å²) in [6.45, 7) is 1.28. The summed E-state index contributed by atoms with van der Waals surface area (Å²) in [5.74, 6) is 1.38. The highest BCUT2D eigenvalue weighted by atomic mass is 35.5. The molecule has 1 heterocycles. The van der Waals surface area contributed by atoms with E-state index in [9.17, 15) is 4.79 Å². The predicted molar refractivity (Wildman–Crippen MR) is 99.7 cm³/mol. The van der Waals surface area contributed by atoms with Crippen molar-refractivity contribution in [3.63, 3.8) is 0 Å². The minimum atomic E-state index is 0.175. The van der Waals surface area contributed by atoms with Gasteiger partial charge >= 0.3 is 0 Å². The number of hydrogen-bond donors (Lipinski definition) is 1. The van der Waals surface area contributed by atoms with Gasteiger partial charge in [0.25, 0.3) is 0 Å². The lowest BCUT2D eigenvalue weighted by atomic mass is 10.2. The molecule has 0 spiro atoms. The number of aromatic nitrogens is 2. The number of benzene rings is 2. The summed E-state index contributed by atoms with van der Waals surface area (Å²) in [6, 6.07) is 16.0. The van der Waals surface area contributed by atoms with E-state index in [0.717, 1.165) is 40.3 Å². The van der Waals surface area contributed by atoms with E-state index in [1.165, 1.54) is 0 Å². The zero-order valence-electron chi connectivity index (χ0n) is 13.9. The first-order valence-corrected chi connectivity index (χ1v) is 9.05. The average Bonchev–Trinajstić information content (AvgIpc) is 3.41. The fourth-order valence-electron chi connectivity index (χ4n) is 3.08. The van der Waals surface area contributed by atoms with E-state index in [1.54, 1.807) is 0 Å². The van der Waals surface area contributed by atoms with Crippen molar-refractivity contribution in [2.75, 3.05) is 6.54 Å². The molecule has 0 radical (unpaired) electrons. The summed E-state index contributed by atoms with van der Waals surface area (Å²) in [5, 5.41) is 3.78. The van der Waals surface area contributed by atoms with Crippen LogP contribution in [-0.2, 0) is 17.8 Å². The van der Waals surface area contributed by atoms with Crippen LogP contribution in [0.5, 0.6) is 0 Å². The van der Waals surface area contributed by atoms with E-state index in [-0.39, 0.29) is 11.8 Å². The third-order valence-corrected chi connectivity index (χ3v) is 4.98. The number of hydrogen-bond acceptors (Lipinski definition) is 2. The van der Waals surface area contributed by atoms with Gasteiger partial charge in [-0.05, 0) is 36.6 Å². The van der Waals surface area contributed by atoms with Crippen molar-refractivity contribution in [1.82, 2.24) is 14.9 Å². The van der Waals surface area contributed by atoms with Gasteiger partial charge in [0.1, 0.15) is 5.82 Å². The van der Waals surface area contributed by atoms with E-state index >= 15 is 0 Å². The molecular formula is C20H20ClN3O. The maximum Gasteiger partial charge on any atom is 0.223 e. The predicted octanol–water partition coefficient (Wildman–Crippen LogP) is 3.81. The summed E-state index contributed by atoms with van der Waals surface area (Å²) < 4.78 is 2.19. The fraction of sp³-hybridized carbons (Fsp3) is 0.300. The van der Waals surface area contributed by atoms with E-state index < -0.39 is 0 Å². The summed E-state index contributed by atoms with van der Waals surface area (Å²) >= 11 is 6.34. The van der Waals surface area contributed by atoms with Crippen LogP contribution in [0.4, 0.5) is 0 Å². The van der Waals surface area contributed by atoms with E-state index in [4.69, 9.17) is 16.6 Å². The van der Waals surface area contributed by atoms with Gasteiger partial charge < -0.3 is 9.88 Å². The Hall–Kier alpha value is -2.33. The van der Waals surface area contributed by atoms with Gasteiger partial charge in [-0.2, -0.15) is 0 Å². The molecule has 0 unspecified atom stereocenters. The van der Waals surface area contributed by atoms with Crippen LogP contribution in [0.15, 0.2) is 48.5 Å². The molecule has 1 saturated carbocycles. The van der Waals surface area contributed by atoms with Crippen LogP contribution < -0.4 is 5.32 Å². The number of fused-ring (bicyclic) bond motifs is 1. The molecule has 128 valence electrons. The van der Waals surface area contributed by atoms with Crippen molar-refractivity contribution in [1.29, 1.82) is 0 Å². The van der Waals surface area contributed by atoms with Crippen LogP contribution in [0.3, 0.4) is 0 Å². The molecule has 4 rings (SSSR count). The SMILES string of the molecule is O=C(NCCc1nc2ccccc2n1Cc1ccccc1Cl)C1CC1. The van der Waals surface area contributed by atoms with Gasteiger partial charge in [0, 0.05) is 23.9 Å². The van der Waals surface area contributed by atoms with Crippen LogP contribution in [0.1, 0.15) is 24.2 Å². The lowest BCUT2D eigenvalue weighted by molar-refractivity contribution is -0.122. The molecule has 0 atom stereocenters. The number of amides is 1. The van der Waals surface area contributed by atoms with Crippen LogP contribution in [0.2, 0.25) is 5.02 Å². The van der Waals surface area contributed by atoms with Crippen LogP contribution >= 0.6 is 11.6 Å². The molecule has 3 aromatic rings. The minimum Gasteiger partial charge on any atom is -0.355 e. The Kier molecular flexibility index (Phi) is 4.45. The quantitative estimate of drug-likeness (QED) is 0.732. The Balaban J connectivity index is 1.59. The van der Waals surface area contributed by atoms with Crippen molar-refractivity contribution in [3.8, 4) is 0 Å². The van der Waals surface area contributed by atoms with Crippen molar-refractivity contribution in [2.45, 2.75) is 25.8 Å². The van der Waals surface area contributed by atoms with Gasteiger partial charge in [0.2, 0.25) is 5.91 Å². The standard InChI is InChI=1S/C20H20ClN3O/c21-16-6-2-1-5-15(16)13-24-18-8-4-3-7-17(18)23-19(24)11-12-22-20(25)14-9-10-14/h1-8,14H,9-13H2,(H,22,25). The largest absolute Gasteiger partial charge is 0.355 e. The molecule has 0 saturated heterocycles. The van der Waals surface area contributed by atoms with Crippen LogP contribution in [-0.4, -0.2) is 22.0 Å². The number of imidazole rings is 1. The van der Waals surface area contributed by atoms with Crippen molar-refractivity contribution in [2.24, 2.45) is 5.92 Å². The molecule has 5 heteroatoms. The van der Waals surface area contributed by atoms with E-state index in [2.05, 4.69) is 16.0 Å². The molecule has 1 amide bonds. The Morgan fingerprint density at radius 1 is 1.16 bits per heavy atom. The zero-order valence-corrected chi connectivity index (χ0v) is 14.7. The number of nitrogens with zero attached hydrogens (tertiary/aromatic N) is 2. The summed E-state index contributed by atoms with van der Waals surface area (Å²) in [4.78, 5) is 16.6. The molecule has 1 fully saturated rings. The second kappa shape index (κ2) is 6.89. The molecule has 0 aliphatic heterocycles. The number of carbonyl (C=O) groups excluding carboxylic acids is 1. The highest BCUT2D eigenvalue weighted by Gasteiger charge is 2.29. The van der Waals surface area contributed by atoms with Crippen molar-refractivity contribution in [3.05, 3.63) is 64.9 Å². The normalized spacial score (nSPS) is 14.0. The fourth-order valence-corrected chi connectivity index (χ4v) is 3.27. The first-order chi connectivity index (χ1) is 12.2. The van der Waals surface area contributed by atoms with Gasteiger partial charge in [-0.3, -0.25) is 4.79 Å². The van der Waals surface area contributed by atoms with E-state index in [1.807, 2.05) is 42.5 Å². The summed E-state index contributed by atoms with van der Waals surface area (Å²) in [7, 11) is 0. The van der Waals surface area contributed by atoms with E-state index in [0.29, 0.717) is 19.5 Å². The molecule has 1 aromatic heterocycles. The molecule has 25 heavy (non-hydrogen) atoms. The third kappa shape index (κ3) is 3.54. The van der Waals surface area contributed by atoms with Gasteiger partial charge in [0.15, 0.2) is 0 Å². The van der Waals surface area contributed by atoms with Gasteiger partial charge in [-0.1, -0.05) is 41.9 Å². The Morgan fingerprint density at radius 3 is 2.72 bits per heavy atom. The van der Waals surface area contributed by atoms with Crippen LogP contribution in [0, 0.1) is 5.92 Å². The lowest BCUT2D eigenvalue weighted by Crippen LogP contribution is -2.27. The summed E-state index contributed by atoms with van der Waals surface area (Å²) in [5.41, 5.74) is 3.12. The first-order valence-electron chi connectivity index (χ1n) is 8.67. The molecule has 4 nitrogen and oxygen atoms in total. The van der Waals surface area contributed by atoms with Gasteiger partial charge in [-0.15, -0.1) is 0 Å². The average molecular weight is 354 g/mol. The number of nitrogens with one attached hydrogen (secondary N) is 1. The molecule has 1 aliphatic carbocycles. The molecule has 1 N–H and O–H groups in total. The monoisotopic (exact) mass is 353 g/mol. The second-order valence-electron chi connectivity index (χ2n) is 6.51. The Bertz CT molecular complexity index is 914. The topological polar surface area (TPSA) is 46.9 Å². The van der Waals surface area contributed by atoms with Crippen molar-refractivity contribution < 1.29 is 4.79 Å². The number of para-hydroxylation sites is 2. The highest BCUT2D eigenvalue weighted by Crippen LogP contribution is 2.28.